The molecule has 27 heavy (non-hydrogen) atoms. The van der Waals surface area contributed by atoms with E-state index in [0.29, 0.717) is 24.5 Å². The number of rotatable bonds is 8. The summed E-state index contributed by atoms with van der Waals surface area (Å²) in [7, 11) is 1.99. The maximum Gasteiger partial charge on any atom is 0.136 e. The lowest BCUT2D eigenvalue weighted by Gasteiger charge is -2.28. The average molecular weight is 366 g/mol. The van der Waals surface area contributed by atoms with Crippen LogP contribution in [0.3, 0.4) is 0 Å². The number of benzene rings is 2. The minimum atomic E-state index is -0.200. The maximum absolute atomic E-state index is 12.8. The van der Waals surface area contributed by atoms with E-state index in [1.165, 1.54) is 10.8 Å². The smallest absolute Gasteiger partial charge is 0.136 e. The molecular weight excluding hydrogens is 334 g/mol. The molecular formula is C24H31NO2. The highest BCUT2D eigenvalue weighted by molar-refractivity contribution is 5.88. The molecule has 0 amide bonds. The molecule has 0 aliphatic heterocycles. The number of fused-ring (bicyclic) bond motifs is 1. The highest BCUT2D eigenvalue weighted by Crippen LogP contribution is 2.31. The summed E-state index contributed by atoms with van der Waals surface area (Å²) in [6.45, 7) is 2.67. The van der Waals surface area contributed by atoms with Gasteiger partial charge in [0.1, 0.15) is 11.6 Å². The molecule has 144 valence electrons. The van der Waals surface area contributed by atoms with Crippen molar-refractivity contribution < 1.29 is 9.59 Å². The summed E-state index contributed by atoms with van der Waals surface area (Å²) in [5.74, 6) is 1.06. The Bertz CT molecular complexity index is 790. The molecule has 1 atom stereocenters. The summed E-state index contributed by atoms with van der Waals surface area (Å²) < 4.78 is 0. The van der Waals surface area contributed by atoms with Crippen molar-refractivity contribution in [3.05, 3.63) is 48.0 Å². The summed E-state index contributed by atoms with van der Waals surface area (Å²) in [6, 6.07) is 14.6. The molecule has 0 saturated heterocycles. The van der Waals surface area contributed by atoms with Gasteiger partial charge in [-0.1, -0.05) is 42.5 Å². The van der Waals surface area contributed by atoms with Crippen LogP contribution in [-0.4, -0.2) is 25.2 Å². The molecule has 0 heterocycles. The van der Waals surface area contributed by atoms with Gasteiger partial charge in [0.2, 0.25) is 0 Å². The van der Waals surface area contributed by atoms with E-state index >= 15 is 0 Å². The van der Waals surface area contributed by atoms with Gasteiger partial charge in [-0.25, -0.2) is 0 Å². The van der Waals surface area contributed by atoms with E-state index in [-0.39, 0.29) is 17.6 Å². The van der Waals surface area contributed by atoms with Crippen LogP contribution in [0.5, 0.6) is 0 Å². The van der Waals surface area contributed by atoms with Crippen LogP contribution in [-0.2, 0) is 16.0 Å². The molecule has 1 saturated carbocycles. The van der Waals surface area contributed by atoms with Crippen LogP contribution in [0.25, 0.3) is 10.8 Å². The van der Waals surface area contributed by atoms with E-state index < -0.39 is 0 Å². The van der Waals surface area contributed by atoms with Crippen molar-refractivity contribution in [2.45, 2.75) is 45.4 Å². The van der Waals surface area contributed by atoms with Crippen molar-refractivity contribution >= 4 is 22.3 Å². The first-order chi connectivity index (χ1) is 13.1. The van der Waals surface area contributed by atoms with Crippen molar-refractivity contribution in [3.8, 4) is 0 Å². The zero-order valence-corrected chi connectivity index (χ0v) is 16.5. The Kier molecular flexibility index (Phi) is 6.78. The van der Waals surface area contributed by atoms with E-state index in [1.807, 2.05) is 19.2 Å². The van der Waals surface area contributed by atoms with Gasteiger partial charge in [0.15, 0.2) is 0 Å². The largest absolute Gasteiger partial charge is 0.319 e. The van der Waals surface area contributed by atoms with Crippen LogP contribution in [0.2, 0.25) is 0 Å². The fraction of sp³-hybridized carbons (Fsp3) is 0.500. The lowest BCUT2D eigenvalue weighted by molar-refractivity contribution is -0.129. The summed E-state index contributed by atoms with van der Waals surface area (Å²) in [5.41, 5.74) is 1.14. The molecule has 1 aliphatic carbocycles. The number of ketones is 2. The Morgan fingerprint density at radius 1 is 1.04 bits per heavy atom. The molecule has 2 aromatic carbocycles. The maximum atomic E-state index is 12.8. The predicted octanol–water partition coefficient (Wildman–Crippen LogP) is 4.57. The molecule has 3 nitrogen and oxygen atoms in total. The number of carbonyl (C=O) groups is 2. The van der Waals surface area contributed by atoms with Crippen molar-refractivity contribution in [3.63, 3.8) is 0 Å². The van der Waals surface area contributed by atoms with Crippen LogP contribution in [0.15, 0.2) is 42.5 Å². The van der Waals surface area contributed by atoms with Gasteiger partial charge in [-0.05, 0) is 74.9 Å². The zero-order valence-electron chi connectivity index (χ0n) is 16.5. The van der Waals surface area contributed by atoms with E-state index in [9.17, 15) is 9.59 Å². The van der Waals surface area contributed by atoms with Gasteiger partial charge in [-0.3, -0.25) is 9.59 Å². The Hall–Kier alpha value is -2.00. The number of hydrogen-bond acceptors (Lipinski definition) is 3. The van der Waals surface area contributed by atoms with Gasteiger partial charge in [-0.2, -0.15) is 0 Å². The molecule has 3 heteroatoms. The third kappa shape index (κ3) is 5.26. The van der Waals surface area contributed by atoms with Crippen molar-refractivity contribution in [1.29, 1.82) is 0 Å². The van der Waals surface area contributed by atoms with Gasteiger partial charge >= 0.3 is 0 Å². The molecule has 1 N–H and O–H groups in total. The minimum Gasteiger partial charge on any atom is -0.319 e. The fourth-order valence-electron chi connectivity index (χ4n) is 4.40. The second-order valence-electron chi connectivity index (χ2n) is 8.14. The summed E-state index contributed by atoms with van der Waals surface area (Å²) in [5, 5.41) is 5.63. The highest BCUT2D eigenvalue weighted by atomic mass is 16.1. The molecule has 0 bridgehead atoms. The molecule has 1 aliphatic rings. The molecule has 1 unspecified atom stereocenters. The second kappa shape index (κ2) is 9.27. The van der Waals surface area contributed by atoms with Gasteiger partial charge in [0, 0.05) is 18.3 Å². The minimum absolute atomic E-state index is 0.125. The van der Waals surface area contributed by atoms with Crippen LogP contribution in [0, 0.1) is 17.8 Å². The third-order valence-electron chi connectivity index (χ3n) is 6.11. The summed E-state index contributed by atoms with van der Waals surface area (Å²) in [6.07, 6.45) is 5.24. The quantitative estimate of drug-likeness (QED) is 0.745. The van der Waals surface area contributed by atoms with Gasteiger partial charge in [0.05, 0.1) is 0 Å². The second-order valence-corrected chi connectivity index (χ2v) is 8.14. The monoisotopic (exact) mass is 365 g/mol. The van der Waals surface area contributed by atoms with E-state index in [1.54, 1.807) is 6.92 Å². The fourth-order valence-corrected chi connectivity index (χ4v) is 4.40. The predicted molar refractivity (Wildman–Crippen MR) is 111 cm³/mol. The molecule has 0 aromatic heterocycles. The first kappa shape index (κ1) is 19.8. The molecule has 0 spiro atoms. The third-order valence-corrected chi connectivity index (χ3v) is 6.11. The van der Waals surface area contributed by atoms with Crippen molar-refractivity contribution in [2.75, 3.05) is 13.6 Å². The van der Waals surface area contributed by atoms with E-state index in [2.05, 4.69) is 35.6 Å². The lowest BCUT2D eigenvalue weighted by Crippen LogP contribution is -2.29. The Morgan fingerprint density at radius 3 is 2.41 bits per heavy atom. The Labute approximate surface area is 162 Å². The molecule has 0 radical (unpaired) electrons. The Morgan fingerprint density at radius 2 is 1.74 bits per heavy atom. The van der Waals surface area contributed by atoms with Gasteiger partial charge in [-0.15, -0.1) is 0 Å². The SMILES string of the molecule is CNCC1CCC(C(=O)CC(Cc2ccc3ccccc3c2)C(C)=O)CC1. The zero-order chi connectivity index (χ0) is 19.2. The van der Waals surface area contributed by atoms with E-state index in [0.717, 1.165) is 37.8 Å². The molecule has 2 aromatic rings. The van der Waals surface area contributed by atoms with Crippen LogP contribution in [0.4, 0.5) is 0 Å². The standard InChI is InChI=1S/C24H31NO2/c1-17(26)23(14-19-9-10-20-5-3-4-6-22(20)13-19)15-24(27)21-11-7-18(8-12-21)16-25-2/h3-6,9-10,13,18,21,23,25H,7-8,11-12,14-16H2,1-2H3. The molecule has 1 fully saturated rings. The van der Waals surface area contributed by atoms with Crippen molar-refractivity contribution in [1.82, 2.24) is 5.32 Å². The lowest BCUT2D eigenvalue weighted by atomic mass is 9.77. The number of nitrogens with one attached hydrogen (secondary N) is 1. The number of carbonyl (C=O) groups excluding carboxylic acids is 2. The van der Waals surface area contributed by atoms with E-state index in [4.69, 9.17) is 0 Å². The van der Waals surface area contributed by atoms with Gasteiger partial charge in [0.25, 0.3) is 0 Å². The molecule has 3 rings (SSSR count). The number of hydrogen-bond donors (Lipinski definition) is 1. The summed E-state index contributed by atoms with van der Waals surface area (Å²) in [4.78, 5) is 25.0. The highest BCUT2D eigenvalue weighted by Gasteiger charge is 2.28. The van der Waals surface area contributed by atoms with Crippen LogP contribution in [0.1, 0.15) is 44.6 Å². The topological polar surface area (TPSA) is 46.2 Å². The van der Waals surface area contributed by atoms with Crippen molar-refractivity contribution in [2.24, 2.45) is 17.8 Å². The van der Waals surface area contributed by atoms with Crippen LogP contribution >= 0.6 is 0 Å². The Balaban J connectivity index is 1.61. The first-order valence-electron chi connectivity index (χ1n) is 10.2. The van der Waals surface area contributed by atoms with Crippen LogP contribution < -0.4 is 5.32 Å². The first-order valence-corrected chi connectivity index (χ1v) is 10.2. The normalized spacial score (nSPS) is 21.1. The summed E-state index contributed by atoms with van der Waals surface area (Å²) >= 11 is 0. The average Bonchev–Trinajstić information content (AvgIpc) is 2.68. The van der Waals surface area contributed by atoms with Gasteiger partial charge < -0.3 is 5.32 Å². The number of Topliss-reactive ketones (excluding diaryl/α,β-unsaturated/α-hetero) is 2.